The van der Waals surface area contributed by atoms with Crippen LogP contribution < -0.4 is 11.1 Å². The number of anilines is 1. The van der Waals surface area contributed by atoms with Crippen molar-refractivity contribution in [3.05, 3.63) is 41.0 Å². The molecule has 6 nitrogen and oxygen atoms in total. The molecule has 0 aliphatic rings. The van der Waals surface area contributed by atoms with Gasteiger partial charge in [-0.1, -0.05) is 16.8 Å². The number of nitrogen functional groups attached to an aromatic ring is 1. The van der Waals surface area contributed by atoms with Gasteiger partial charge in [0.15, 0.2) is 5.82 Å². The summed E-state index contributed by atoms with van der Waals surface area (Å²) in [5.41, 5.74) is 6.39. The van der Waals surface area contributed by atoms with Crippen LogP contribution in [-0.4, -0.2) is 16.0 Å². The standard InChI is InChI=1S/C10H9ClN4O2/c11-8-3-6(12)1-2-7(8)10(16)13-4-9-14-5-17-15-9/h1-3,5H,4,12H2,(H,13,16). The summed E-state index contributed by atoms with van der Waals surface area (Å²) >= 11 is 5.89. The molecular weight excluding hydrogens is 244 g/mol. The van der Waals surface area contributed by atoms with Crippen LogP contribution in [0.25, 0.3) is 0 Å². The van der Waals surface area contributed by atoms with Crippen LogP contribution in [0.1, 0.15) is 16.2 Å². The van der Waals surface area contributed by atoms with Gasteiger partial charge in [-0.25, -0.2) is 0 Å². The molecule has 0 spiro atoms. The van der Waals surface area contributed by atoms with Gasteiger partial charge in [0.1, 0.15) is 0 Å². The molecule has 2 rings (SSSR count). The smallest absolute Gasteiger partial charge is 0.253 e. The number of aromatic nitrogens is 2. The summed E-state index contributed by atoms with van der Waals surface area (Å²) < 4.78 is 4.54. The first kappa shape index (κ1) is 11.4. The molecule has 17 heavy (non-hydrogen) atoms. The maximum Gasteiger partial charge on any atom is 0.253 e. The Hall–Kier alpha value is -2.08. The van der Waals surface area contributed by atoms with Gasteiger partial charge in [-0.3, -0.25) is 4.79 Å². The van der Waals surface area contributed by atoms with E-state index in [0.29, 0.717) is 22.1 Å². The number of nitrogens with zero attached hydrogens (tertiary/aromatic N) is 2. The minimum atomic E-state index is -0.320. The maximum absolute atomic E-state index is 11.7. The normalized spacial score (nSPS) is 10.2. The molecule has 1 aromatic carbocycles. The highest BCUT2D eigenvalue weighted by atomic mass is 35.5. The Balaban J connectivity index is 2.04. The van der Waals surface area contributed by atoms with Crippen LogP contribution in [0.15, 0.2) is 29.1 Å². The molecule has 1 aromatic heterocycles. The molecule has 0 unspecified atom stereocenters. The predicted octanol–water partition coefficient (Wildman–Crippen LogP) is 1.24. The highest BCUT2D eigenvalue weighted by Crippen LogP contribution is 2.18. The number of halogens is 1. The van der Waals surface area contributed by atoms with E-state index >= 15 is 0 Å². The van der Waals surface area contributed by atoms with Crippen molar-refractivity contribution in [1.29, 1.82) is 0 Å². The molecule has 0 radical (unpaired) electrons. The zero-order valence-electron chi connectivity index (χ0n) is 8.68. The Morgan fingerprint density at radius 2 is 2.35 bits per heavy atom. The molecule has 7 heteroatoms. The van der Waals surface area contributed by atoms with E-state index in [1.807, 2.05) is 0 Å². The number of nitrogens with two attached hydrogens (primary N) is 1. The van der Waals surface area contributed by atoms with Crippen molar-refractivity contribution in [3.8, 4) is 0 Å². The van der Waals surface area contributed by atoms with Gasteiger partial charge in [-0.2, -0.15) is 4.98 Å². The number of hydrogen-bond donors (Lipinski definition) is 2. The summed E-state index contributed by atoms with van der Waals surface area (Å²) in [7, 11) is 0. The van der Waals surface area contributed by atoms with Crippen molar-refractivity contribution >= 4 is 23.2 Å². The van der Waals surface area contributed by atoms with E-state index in [4.69, 9.17) is 17.3 Å². The highest BCUT2D eigenvalue weighted by Gasteiger charge is 2.10. The molecule has 0 aliphatic heterocycles. The Morgan fingerprint density at radius 1 is 1.53 bits per heavy atom. The average Bonchev–Trinajstić information content (AvgIpc) is 2.78. The molecule has 0 fully saturated rings. The van der Waals surface area contributed by atoms with Crippen molar-refractivity contribution in [1.82, 2.24) is 15.5 Å². The number of nitrogens with one attached hydrogen (secondary N) is 1. The second-order valence-electron chi connectivity index (χ2n) is 3.27. The van der Waals surface area contributed by atoms with Crippen molar-refractivity contribution in [3.63, 3.8) is 0 Å². The van der Waals surface area contributed by atoms with Gasteiger partial charge in [-0.05, 0) is 18.2 Å². The molecule has 2 aromatic rings. The van der Waals surface area contributed by atoms with Crippen molar-refractivity contribution < 1.29 is 9.32 Å². The Morgan fingerprint density at radius 3 is 3.00 bits per heavy atom. The lowest BCUT2D eigenvalue weighted by Crippen LogP contribution is -2.23. The highest BCUT2D eigenvalue weighted by molar-refractivity contribution is 6.34. The predicted molar refractivity (Wildman–Crippen MR) is 61.3 cm³/mol. The third-order valence-electron chi connectivity index (χ3n) is 2.05. The maximum atomic E-state index is 11.7. The molecule has 1 amide bonds. The van der Waals surface area contributed by atoms with Crippen LogP contribution >= 0.6 is 11.6 Å². The fraction of sp³-hybridized carbons (Fsp3) is 0.100. The van der Waals surface area contributed by atoms with Crippen molar-refractivity contribution in [2.45, 2.75) is 6.54 Å². The number of benzene rings is 1. The van der Waals surface area contributed by atoms with Gasteiger partial charge in [0.05, 0.1) is 17.1 Å². The number of carbonyl (C=O) groups is 1. The van der Waals surface area contributed by atoms with E-state index in [-0.39, 0.29) is 12.5 Å². The quantitative estimate of drug-likeness (QED) is 0.802. The monoisotopic (exact) mass is 252 g/mol. The second-order valence-corrected chi connectivity index (χ2v) is 3.68. The van der Waals surface area contributed by atoms with E-state index in [1.165, 1.54) is 12.5 Å². The SMILES string of the molecule is Nc1ccc(C(=O)NCc2ncon2)c(Cl)c1. The summed E-state index contributed by atoms with van der Waals surface area (Å²) in [5.74, 6) is 0.0738. The summed E-state index contributed by atoms with van der Waals surface area (Å²) in [6, 6.07) is 4.68. The van der Waals surface area contributed by atoms with Gasteiger partial charge in [0.25, 0.3) is 5.91 Å². The average molecular weight is 253 g/mol. The first-order valence-electron chi connectivity index (χ1n) is 4.75. The zero-order valence-corrected chi connectivity index (χ0v) is 9.44. The van der Waals surface area contributed by atoms with E-state index in [1.54, 1.807) is 12.1 Å². The minimum absolute atomic E-state index is 0.177. The third kappa shape index (κ3) is 2.73. The van der Waals surface area contributed by atoms with E-state index in [2.05, 4.69) is 20.0 Å². The molecule has 0 aliphatic carbocycles. The summed E-state index contributed by atoms with van der Waals surface area (Å²) in [6.45, 7) is 0.177. The summed E-state index contributed by atoms with van der Waals surface area (Å²) in [4.78, 5) is 15.5. The Kier molecular flexibility index (Phi) is 3.24. The van der Waals surface area contributed by atoms with Crippen LogP contribution in [0.3, 0.4) is 0 Å². The van der Waals surface area contributed by atoms with E-state index < -0.39 is 0 Å². The fourth-order valence-electron chi connectivity index (χ4n) is 1.24. The number of rotatable bonds is 3. The van der Waals surface area contributed by atoms with Crippen LogP contribution in [0.5, 0.6) is 0 Å². The zero-order chi connectivity index (χ0) is 12.3. The molecule has 0 saturated heterocycles. The third-order valence-corrected chi connectivity index (χ3v) is 2.36. The fourth-order valence-corrected chi connectivity index (χ4v) is 1.52. The summed E-state index contributed by atoms with van der Waals surface area (Å²) in [6.07, 6.45) is 1.19. The molecule has 3 N–H and O–H groups in total. The first-order valence-corrected chi connectivity index (χ1v) is 5.13. The molecule has 0 atom stereocenters. The minimum Gasteiger partial charge on any atom is -0.399 e. The van der Waals surface area contributed by atoms with Crippen molar-refractivity contribution in [2.24, 2.45) is 0 Å². The van der Waals surface area contributed by atoms with Crippen molar-refractivity contribution in [2.75, 3.05) is 5.73 Å². The van der Waals surface area contributed by atoms with Gasteiger partial charge in [-0.15, -0.1) is 0 Å². The van der Waals surface area contributed by atoms with Crippen LogP contribution in [0.2, 0.25) is 5.02 Å². The second kappa shape index (κ2) is 4.84. The van der Waals surface area contributed by atoms with Gasteiger partial charge in [0.2, 0.25) is 6.39 Å². The number of hydrogen-bond acceptors (Lipinski definition) is 5. The summed E-state index contributed by atoms with van der Waals surface area (Å²) in [5, 5.41) is 6.48. The number of carbonyl (C=O) groups excluding carboxylic acids is 1. The lowest BCUT2D eigenvalue weighted by Gasteiger charge is -2.05. The molecule has 1 heterocycles. The topological polar surface area (TPSA) is 94.0 Å². The van der Waals surface area contributed by atoms with Crippen LogP contribution in [0, 0.1) is 0 Å². The Bertz CT molecular complexity index is 527. The largest absolute Gasteiger partial charge is 0.399 e. The molecule has 0 bridgehead atoms. The van der Waals surface area contributed by atoms with Gasteiger partial charge >= 0.3 is 0 Å². The van der Waals surface area contributed by atoms with Crippen LogP contribution in [-0.2, 0) is 6.54 Å². The van der Waals surface area contributed by atoms with Crippen LogP contribution in [0.4, 0.5) is 5.69 Å². The molecule has 0 saturated carbocycles. The Labute approximate surface area is 102 Å². The number of amides is 1. The van der Waals surface area contributed by atoms with E-state index in [9.17, 15) is 4.79 Å². The van der Waals surface area contributed by atoms with Gasteiger partial charge in [0, 0.05) is 5.69 Å². The molecule has 88 valence electrons. The first-order chi connectivity index (χ1) is 8.16. The lowest BCUT2D eigenvalue weighted by molar-refractivity contribution is 0.0950. The van der Waals surface area contributed by atoms with E-state index in [0.717, 1.165) is 0 Å². The lowest BCUT2D eigenvalue weighted by atomic mass is 10.2. The van der Waals surface area contributed by atoms with Gasteiger partial charge < -0.3 is 15.6 Å². The molecular formula is C10H9ClN4O2.